The Morgan fingerprint density at radius 1 is 1.09 bits per heavy atom. The molecule has 0 saturated carbocycles. The van der Waals surface area contributed by atoms with Crippen molar-refractivity contribution in [1.82, 2.24) is 4.31 Å². The van der Waals surface area contributed by atoms with Crippen LogP contribution < -0.4 is 4.90 Å². The highest BCUT2D eigenvalue weighted by molar-refractivity contribution is 7.89. The molecule has 1 N–H and O–H groups in total. The molecule has 0 aromatic heterocycles. The van der Waals surface area contributed by atoms with Gasteiger partial charge in [0.15, 0.2) is 5.67 Å². The van der Waals surface area contributed by atoms with Crippen LogP contribution in [0.3, 0.4) is 0 Å². The summed E-state index contributed by atoms with van der Waals surface area (Å²) in [4.78, 5) is 2.07. The molecule has 0 bridgehead atoms. The molecule has 5 nitrogen and oxygen atoms in total. The standard InChI is InChI=1S/C15H21FN2O3S/c16-15(12-19)10-17(11-15)13-4-6-14(7-5-13)22(20,21)18-8-2-1-3-9-18/h4-7,19H,1-3,8-12H2. The van der Waals surface area contributed by atoms with E-state index in [0.29, 0.717) is 13.1 Å². The SMILES string of the molecule is O=S(=O)(c1ccc(N2CC(F)(CO)C2)cc1)N1CCCCC1. The maximum atomic E-state index is 13.7. The van der Waals surface area contributed by atoms with E-state index in [1.165, 1.54) is 4.31 Å². The number of hydrogen-bond donors (Lipinski definition) is 1. The number of anilines is 1. The van der Waals surface area contributed by atoms with E-state index in [1.54, 1.807) is 29.2 Å². The molecule has 1 aromatic carbocycles. The normalized spacial score (nSPS) is 22.4. The van der Waals surface area contributed by atoms with Crippen LogP contribution in [0.4, 0.5) is 10.1 Å². The molecule has 22 heavy (non-hydrogen) atoms. The van der Waals surface area contributed by atoms with Gasteiger partial charge in [0.05, 0.1) is 24.6 Å². The number of aliphatic hydroxyl groups excluding tert-OH is 1. The molecule has 3 rings (SSSR count). The van der Waals surface area contributed by atoms with Gasteiger partial charge in [-0.3, -0.25) is 0 Å². The summed E-state index contributed by atoms with van der Waals surface area (Å²) in [5.74, 6) is 0. The van der Waals surface area contributed by atoms with Crippen molar-refractivity contribution in [1.29, 1.82) is 0 Å². The van der Waals surface area contributed by atoms with Crippen LogP contribution in [0.15, 0.2) is 29.2 Å². The average molecular weight is 328 g/mol. The fourth-order valence-corrected chi connectivity index (χ4v) is 4.52. The van der Waals surface area contributed by atoms with Crippen molar-refractivity contribution in [3.05, 3.63) is 24.3 Å². The highest BCUT2D eigenvalue weighted by Gasteiger charge is 2.43. The Kier molecular flexibility index (Phi) is 4.13. The number of hydrogen-bond acceptors (Lipinski definition) is 4. The van der Waals surface area contributed by atoms with Gasteiger partial charge in [0, 0.05) is 18.8 Å². The van der Waals surface area contributed by atoms with Crippen molar-refractivity contribution < 1.29 is 17.9 Å². The molecular formula is C15H21FN2O3S. The lowest BCUT2D eigenvalue weighted by atomic mass is 9.97. The van der Waals surface area contributed by atoms with E-state index in [0.717, 1.165) is 24.9 Å². The summed E-state index contributed by atoms with van der Waals surface area (Å²) in [5, 5.41) is 8.92. The Morgan fingerprint density at radius 3 is 2.23 bits per heavy atom. The second-order valence-electron chi connectivity index (χ2n) is 6.12. The molecule has 2 saturated heterocycles. The molecule has 0 unspecified atom stereocenters. The van der Waals surface area contributed by atoms with Gasteiger partial charge in [-0.2, -0.15) is 4.31 Å². The maximum Gasteiger partial charge on any atom is 0.243 e. The second-order valence-corrected chi connectivity index (χ2v) is 8.06. The van der Waals surface area contributed by atoms with Crippen molar-refractivity contribution in [3.63, 3.8) is 0 Å². The van der Waals surface area contributed by atoms with Crippen molar-refractivity contribution in [2.45, 2.75) is 29.8 Å². The summed E-state index contributed by atoms with van der Waals surface area (Å²) in [6.45, 7) is 0.961. The zero-order valence-electron chi connectivity index (χ0n) is 12.4. The van der Waals surface area contributed by atoms with E-state index in [-0.39, 0.29) is 18.0 Å². The van der Waals surface area contributed by atoms with Gasteiger partial charge < -0.3 is 10.0 Å². The van der Waals surface area contributed by atoms with Crippen molar-refractivity contribution in [2.75, 3.05) is 37.7 Å². The minimum absolute atomic E-state index is 0.141. The topological polar surface area (TPSA) is 60.9 Å². The van der Waals surface area contributed by atoms with Crippen LogP contribution in [0.5, 0.6) is 0 Å². The predicted octanol–water partition coefficient (Wildman–Crippen LogP) is 1.38. The molecule has 0 amide bonds. The zero-order chi connectivity index (χ0) is 15.8. The van der Waals surface area contributed by atoms with Crippen LogP contribution in [0, 0.1) is 0 Å². The van der Waals surface area contributed by atoms with Crippen molar-refractivity contribution >= 4 is 15.7 Å². The van der Waals surface area contributed by atoms with Crippen LogP contribution in [-0.2, 0) is 10.0 Å². The quantitative estimate of drug-likeness (QED) is 0.907. The maximum absolute atomic E-state index is 13.7. The Balaban J connectivity index is 1.72. The van der Waals surface area contributed by atoms with Crippen LogP contribution >= 0.6 is 0 Å². The first kappa shape index (κ1) is 15.7. The third-order valence-electron chi connectivity index (χ3n) is 4.39. The van der Waals surface area contributed by atoms with Gasteiger partial charge >= 0.3 is 0 Å². The number of piperidine rings is 1. The van der Waals surface area contributed by atoms with E-state index >= 15 is 0 Å². The number of nitrogens with zero attached hydrogens (tertiary/aromatic N) is 2. The molecule has 0 spiro atoms. The molecule has 0 radical (unpaired) electrons. The van der Waals surface area contributed by atoms with Gasteiger partial charge in [-0.25, -0.2) is 12.8 Å². The lowest BCUT2D eigenvalue weighted by Gasteiger charge is -2.44. The van der Waals surface area contributed by atoms with E-state index in [1.807, 2.05) is 0 Å². The summed E-state index contributed by atoms with van der Waals surface area (Å²) < 4.78 is 40.3. The number of sulfonamides is 1. The summed E-state index contributed by atoms with van der Waals surface area (Å²) in [6.07, 6.45) is 2.89. The Morgan fingerprint density at radius 2 is 1.68 bits per heavy atom. The summed E-state index contributed by atoms with van der Waals surface area (Å²) in [6, 6.07) is 6.56. The molecule has 0 atom stereocenters. The molecule has 2 heterocycles. The Bertz CT molecular complexity index is 621. The van der Waals surface area contributed by atoms with Gasteiger partial charge in [0.25, 0.3) is 0 Å². The monoisotopic (exact) mass is 328 g/mol. The molecule has 122 valence electrons. The highest BCUT2D eigenvalue weighted by Crippen LogP contribution is 2.31. The van der Waals surface area contributed by atoms with Crippen LogP contribution in [0.1, 0.15) is 19.3 Å². The number of aliphatic hydroxyl groups is 1. The van der Waals surface area contributed by atoms with Crippen LogP contribution in [0.25, 0.3) is 0 Å². The molecule has 1 aromatic rings. The van der Waals surface area contributed by atoms with E-state index in [2.05, 4.69) is 0 Å². The van der Waals surface area contributed by atoms with Gasteiger partial charge in [-0.1, -0.05) is 6.42 Å². The van der Waals surface area contributed by atoms with Crippen molar-refractivity contribution in [2.24, 2.45) is 0 Å². The van der Waals surface area contributed by atoms with E-state index in [4.69, 9.17) is 5.11 Å². The Hall–Kier alpha value is -1.18. The molecular weight excluding hydrogens is 307 g/mol. The minimum Gasteiger partial charge on any atom is -0.393 e. The fraction of sp³-hybridized carbons (Fsp3) is 0.600. The van der Waals surface area contributed by atoms with Gasteiger partial charge in [0.2, 0.25) is 10.0 Å². The molecule has 0 aliphatic carbocycles. The first-order chi connectivity index (χ1) is 10.4. The predicted molar refractivity (Wildman–Crippen MR) is 82.2 cm³/mol. The van der Waals surface area contributed by atoms with Crippen LogP contribution in [0.2, 0.25) is 0 Å². The molecule has 7 heteroatoms. The third kappa shape index (κ3) is 2.85. The summed E-state index contributed by atoms with van der Waals surface area (Å²) in [5.41, 5.74) is -0.752. The van der Waals surface area contributed by atoms with E-state index in [9.17, 15) is 12.8 Å². The molecule has 2 fully saturated rings. The average Bonchev–Trinajstić information content (AvgIpc) is 2.53. The third-order valence-corrected chi connectivity index (χ3v) is 6.30. The van der Waals surface area contributed by atoms with Gasteiger partial charge in [-0.15, -0.1) is 0 Å². The number of alkyl halides is 1. The Labute approximate surface area is 130 Å². The zero-order valence-corrected chi connectivity index (χ0v) is 13.2. The fourth-order valence-electron chi connectivity index (χ4n) is 3.00. The summed E-state index contributed by atoms with van der Waals surface area (Å²) in [7, 11) is -3.42. The van der Waals surface area contributed by atoms with Crippen molar-refractivity contribution in [3.8, 4) is 0 Å². The number of benzene rings is 1. The van der Waals surface area contributed by atoms with Crippen LogP contribution in [-0.4, -0.2) is 56.3 Å². The molecule has 2 aliphatic heterocycles. The first-order valence-electron chi connectivity index (χ1n) is 7.60. The minimum atomic E-state index is -3.42. The number of halogens is 1. The second kappa shape index (κ2) is 5.79. The van der Waals surface area contributed by atoms with Gasteiger partial charge in [-0.05, 0) is 37.1 Å². The molecule has 2 aliphatic rings. The smallest absolute Gasteiger partial charge is 0.243 e. The van der Waals surface area contributed by atoms with Gasteiger partial charge in [0.1, 0.15) is 0 Å². The highest BCUT2D eigenvalue weighted by atomic mass is 32.2. The van der Waals surface area contributed by atoms with E-state index < -0.39 is 22.3 Å². The number of rotatable bonds is 4. The lowest BCUT2D eigenvalue weighted by molar-refractivity contribution is 0.0444. The first-order valence-corrected chi connectivity index (χ1v) is 9.04. The largest absolute Gasteiger partial charge is 0.393 e. The lowest BCUT2D eigenvalue weighted by Crippen LogP contribution is -2.61. The summed E-state index contributed by atoms with van der Waals surface area (Å²) >= 11 is 0.